The zero-order valence-electron chi connectivity index (χ0n) is 14.5. The third-order valence-electron chi connectivity index (χ3n) is 3.37. The molecule has 1 rings (SSSR count). The van der Waals surface area contributed by atoms with E-state index >= 15 is 0 Å². The van der Waals surface area contributed by atoms with Crippen LogP contribution >= 0.6 is 0 Å². The molecule has 1 aliphatic rings. The first-order chi connectivity index (χ1) is 11.0. The van der Waals surface area contributed by atoms with Gasteiger partial charge in [0.05, 0.1) is 6.54 Å². The van der Waals surface area contributed by atoms with Gasteiger partial charge >= 0.3 is 6.09 Å². The topological polar surface area (TPSA) is 131 Å². The molecular formula is C15H26N4O5. The molecule has 2 atom stereocenters. The van der Waals surface area contributed by atoms with Crippen molar-refractivity contribution in [3.63, 3.8) is 0 Å². The van der Waals surface area contributed by atoms with E-state index in [4.69, 9.17) is 10.5 Å². The fourth-order valence-electron chi connectivity index (χ4n) is 2.28. The summed E-state index contributed by atoms with van der Waals surface area (Å²) in [5, 5.41) is 4.85. The molecule has 24 heavy (non-hydrogen) atoms. The van der Waals surface area contributed by atoms with Crippen LogP contribution in [-0.2, 0) is 19.1 Å². The van der Waals surface area contributed by atoms with Gasteiger partial charge in [-0.15, -0.1) is 0 Å². The van der Waals surface area contributed by atoms with Crippen molar-refractivity contribution in [1.82, 2.24) is 15.5 Å². The molecule has 0 radical (unpaired) electrons. The van der Waals surface area contributed by atoms with Crippen LogP contribution < -0.4 is 16.4 Å². The van der Waals surface area contributed by atoms with Crippen molar-refractivity contribution < 1.29 is 23.9 Å². The molecule has 9 heteroatoms. The second kappa shape index (κ2) is 7.98. The number of amides is 4. The summed E-state index contributed by atoms with van der Waals surface area (Å²) in [5.74, 6) is -1.63. The van der Waals surface area contributed by atoms with Gasteiger partial charge < -0.3 is 21.1 Å². The van der Waals surface area contributed by atoms with Gasteiger partial charge in [0.15, 0.2) is 0 Å². The van der Waals surface area contributed by atoms with Gasteiger partial charge in [-0.1, -0.05) is 0 Å². The van der Waals surface area contributed by atoms with Gasteiger partial charge in [0.25, 0.3) is 0 Å². The molecule has 0 aliphatic carbocycles. The number of hydrogen-bond acceptors (Lipinski definition) is 5. The minimum Gasteiger partial charge on any atom is -0.444 e. The normalized spacial score (nSPS) is 18.7. The highest BCUT2D eigenvalue weighted by molar-refractivity contribution is 5.92. The molecule has 0 aromatic carbocycles. The Morgan fingerprint density at radius 1 is 1.29 bits per heavy atom. The van der Waals surface area contributed by atoms with E-state index in [1.165, 1.54) is 11.8 Å². The fourth-order valence-corrected chi connectivity index (χ4v) is 2.28. The number of carbonyl (C=O) groups is 4. The molecule has 136 valence electrons. The lowest BCUT2D eigenvalue weighted by Crippen LogP contribution is -2.53. The number of nitrogens with zero attached hydrogens (tertiary/aromatic N) is 1. The predicted octanol–water partition coefficient (Wildman–Crippen LogP) is -0.508. The van der Waals surface area contributed by atoms with Crippen LogP contribution in [0.5, 0.6) is 0 Å². The van der Waals surface area contributed by atoms with Gasteiger partial charge in [0.2, 0.25) is 17.7 Å². The smallest absolute Gasteiger partial charge is 0.410 e. The number of primary amides is 1. The fraction of sp³-hybridized carbons (Fsp3) is 0.733. The molecule has 0 saturated carbocycles. The summed E-state index contributed by atoms with van der Waals surface area (Å²) in [6.07, 6.45) is 0.631. The monoisotopic (exact) mass is 342 g/mol. The largest absolute Gasteiger partial charge is 0.444 e. The predicted molar refractivity (Wildman–Crippen MR) is 85.8 cm³/mol. The average Bonchev–Trinajstić information content (AvgIpc) is 2.92. The number of likely N-dealkylation sites (tertiary alicyclic amines) is 1. The Balaban J connectivity index is 2.60. The zero-order chi connectivity index (χ0) is 18.5. The summed E-state index contributed by atoms with van der Waals surface area (Å²) >= 11 is 0. The summed E-state index contributed by atoms with van der Waals surface area (Å²) in [7, 11) is 0. The van der Waals surface area contributed by atoms with Crippen LogP contribution in [0.1, 0.15) is 40.5 Å². The summed E-state index contributed by atoms with van der Waals surface area (Å²) in [4.78, 5) is 48.3. The Morgan fingerprint density at radius 3 is 2.46 bits per heavy atom. The van der Waals surface area contributed by atoms with Crippen LogP contribution in [0.4, 0.5) is 4.79 Å². The Morgan fingerprint density at radius 2 is 1.92 bits per heavy atom. The van der Waals surface area contributed by atoms with E-state index in [1.54, 1.807) is 20.8 Å². The van der Waals surface area contributed by atoms with Crippen LogP contribution in [0.2, 0.25) is 0 Å². The van der Waals surface area contributed by atoms with Gasteiger partial charge in [0.1, 0.15) is 17.7 Å². The van der Waals surface area contributed by atoms with E-state index in [0.717, 1.165) is 0 Å². The Labute approximate surface area is 141 Å². The third-order valence-corrected chi connectivity index (χ3v) is 3.37. The van der Waals surface area contributed by atoms with Crippen LogP contribution in [-0.4, -0.2) is 59.5 Å². The van der Waals surface area contributed by atoms with E-state index in [2.05, 4.69) is 10.6 Å². The van der Waals surface area contributed by atoms with E-state index in [1.807, 2.05) is 0 Å². The number of rotatable bonds is 5. The Kier molecular flexibility index (Phi) is 6.56. The molecule has 0 bridgehead atoms. The number of nitrogens with two attached hydrogens (primary N) is 1. The minimum atomic E-state index is -0.849. The van der Waals surface area contributed by atoms with Crippen LogP contribution in [0.15, 0.2) is 0 Å². The maximum absolute atomic E-state index is 12.3. The first-order valence-electron chi connectivity index (χ1n) is 7.87. The standard InChI is InChI=1S/C15H26N4O5/c1-9(12(21)17-8-11(16)20)18-13(22)10-6-5-7-19(10)14(23)24-15(2,3)4/h9-10H,5-8H2,1-4H3,(H2,16,20)(H,17,21)(H,18,22). The minimum absolute atomic E-state index is 0.299. The van der Waals surface area contributed by atoms with Crippen LogP contribution in [0, 0.1) is 0 Å². The first-order valence-corrected chi connectivity index (χ1v) is 7.87. The van der Waals surface area contributed by atoms with Crippen molar-refractivity contribution in [2.75, 3.05) is 13.1 Å². The lowest BCUT2D eigenvalue weighted by Gasteiger charge is -2.28. The van der Waals surface area contributed by atoms with Crippen LogP contribution in [0.3, 0.4) is 0 Å². The summed E-state index contributed by atoms with van der Waals surface area (Å²) in [6.45, 7) is 6.87. The highest BCUT2D eigenvalue weighted by Gasteiger charge is 2.37. The highest BCUT2D eigenvalue weighted by Crippen LogP contribution is 2.21. The molecule has 0 aromatic rings. The number of ether oxygens (including phenoxy) is 1. The van der Waals surface area contributed by atoms with Crippen LogP contribution in [0.25, 0.3) is 0 Å². The summed E-state index contributed by atoms with van der Waals surface area (Å²) in [6, 6.07) is -1.52. The van der Waals surface area contributed by atoms with Crippen molar-refractivity contribution in [3.05, 3.63) is 0 Å². The second-order valence-electron chi connectivity index (χ2n) is 6.75. The second-order valence-corrected chi connectivity index (χ2v) is 6.75. The maximum Gasteiger partial charge on any atom is 0.410 e. The number of nitrogens with one attached hydrogen (secondary N) is 2. The zero-order valence-corrected chi connectivity index (χ0v) is 14.5. The van der Waals surface area contributed by atoms with E-state index in [9.17, 15) is 19.2 Å². The highest BCUT2D eigenvalue weighted by atomic mass is 16.6. The van der Waals surface area contributed by atoms with Gasteiger partial charge in [-0.3, -0.25) is 19.3 Å². The van der Waals surface area contributed by atoms with E-state index < -0.39 is 41.5 Å². The average molecular weight is 342 g/mol. The van der Waals surface area contributed by atoms with Crippen molar-refractivity contribution in [3.8, 4) is 0 Å². The third kappa shape index (κ3) is 6.05. The molecule has 0 spiro atoms. The first kappa shape index (κ1) is 19.7. The molecule has 9 nitrogen and oxygen atoms in total. The Bertz CT molecular complexity index is 514. The lowest BCUT2D eigenvalue weighted by atomic mass is 10.2. The van der Waals surface area contributed by atoms with Crippen molar-refractivity contribution >= 4 is 23.8 Å². The van der Waals surface area contributed by atoms with Gasteiger partial charge in [-0.25, -0.2) is 4.79 Å². The van der Waals surface area contributed by atoms with E-state index in [0.29, 0.717) is 19.4 Å². The van der Waals surface area contributed by atoms with Crippen molar-refractivity contribution in [2.45, 2.75) is 58.2 Å². The molecule has 1 fully saturated rings. The van der Waals surface area contributed by atoms with Gasteiger partial charge in [0, 0.05) is 6.54 Å². The molecule has 4 amide bonds. The molecule has 1 saturated heterocycles. The molecule has 0 aromatic heterocycles. The molecule has 1 aliphatic heterocycles. The molecular weight excluding hydrogens is 316 g/mol. The van der Waals surface area contributed by atoms with Gasteiger partial charge in [-0.2, -0.15) is 0 Å². The van der Waals surface area contributed by atoms with Crippen molar-refractivity contribution in [2.24, 2.45) is 5.73 Å². The maximum atomic E-state index is 12.3. The van der Waals surface area contributed by atoms with Crippen molar-refractivity contribution in [1.29, 1.82) is 0 Å². The van der Waals surface area contributed by atoms with E-state index in [-0.39, 0.29) is 6.54 Å². The quantitative estimate of drug-likeness (QED) is 0.619. The molecule has 4 N–H and O–H groups in total. The molecule has 2 unspecified atom stereocenters. The molecule has 1 heterocycles. The summed E-state index contributed by atoms with van der Waals surface area (Å²) < 4.78 is 5.30. The summed E-state index contributed by atoms with van der Waals surface area (Å²) in [5.41, 5.74) is 4.29. The SMILES string of the molecule is CC(NC(=O)C1CCCN1C(=O)OC(C)(C)C)C(=O)NCC(N)=O. The lowest BCUT2D eigenvalue weighted by molar-refractivity contribution is -0.131. The van der Waals surface area contributed by atoms with Gasteiger partial charge in [-0.05, 0) is 40.5 Å². The number of carbonyl (C=O) groups excluding carboxylic acids is 4. The Hall–Kier alpha value is -2.32. The number of hydrogen-bond donors (Lipinski definition) is 3.